The summed E-state index contributed by atoms with van der Waals surface area (Å²) in [5.41, 5.74) is 0. The Balaban J connectivity index is 2.39. The molecule has 1 aromatic carbocycles. The summed E-state index contributed by atoms with van der Waals surface area (Å²) in [4.78, 5) is 11.8. The Morgan fingerprint density at radius 3 is 2.75 bits per heavy atom. The highest BCUT2D eigenvalue weighted by molar-refractivity contribution is 6.42. The number of ether oxygens (including phenoxy) is 1. The molecule has 0 aliphatic carbocycles. The first-order chi connectivity index (χ1) is 9.56. The molecular formula is C14H20Cl2N2O2. The van der Waals surface area contributed by atoms with Gasteiger partial charge in [0.25, 0.3) is 5.91 Å². The van der Waals surface area contributed by atoms with E-state index in [9.17, 15) is 4.79 Å². The molecule has 0 aliphatic heterocycles. The van der Waals surface area contributed by atoms with Gasteiger partial charge in [0.1, 0.15) is 10.8 Å². The van der Waals surface area contributed by atoms with Gasteiger partial charge in [-0.2, -0.15) is 0 Å². The number of hydrogen-bond acceptors (Lipinski definition) is 3. The lowest BCUT2D eigenvalue weighted by Crippen LogP contribution is -2.39. The molecule has 0 aliphatic rings. The first kappa shape index (κ1) is 17.1. The van der Waals surface area contributed by atoms with E-state index in [2.05, 4.69) is 17.6 Å². The van der Waals surface area contributed by atoms with Crippen LogP contribution in [0.3, 0.4) is 0 Å². The fourth-order valence-corrected chi connectivity index (χ4v) is 1.87. The molecule has 20 heavy (non-hydrogen) atoms. The van der Waals surface area contributed by atoms with Crippen molar-refractivity contribution in [2.75, 3.05) is 19.6 Å². The van der Waals surface area contributed by atoms with Crippen LogP contribution in [0.1, 0.15) is 20.3 Å². The number of carbonyl (C=O) groups is 1. The lowest BCUT2D eigenvalue weighted by atomic mass is 10.3. The first-order valence-corrected chi connectivity index (χ1v) is 7.41. The van der Waals surface area contributed by atoms with Gasteiger partial charge in [0.05, 0.1) is 5.02 Å². The summed E-state index contributed by atoms with van der Waals surface area (Å²) in [5, 5.41) is 6.72. The summed E-state index contributed by atoms with van der Waals surface area (Å²) in [6, 6.07) is 5.07. The van der Waals surface area contributed by atoms with E-state index in [-0.39, 0.29) is 5.91 Å². The predicted octanol–water partition coefficient (Wildman–Crippen LogP) is 2.88. The Kier molecular flexibility index (Phi) is 7.73. The zero-order chi connectivity index (χ0) is 15.0. The Morgan fingerprint density at radius 2 is 2.05 bits per heavy atom. The van der Waals surface area contributed by atoms with Gasteiger partial charge in [-0.25, -0.2) is 0 Å². The number of benzene rings is 1. The predicted molar refractivity (Wildman–Crippen MR) is 82.7 cm³/mol. The number of carbonyl (C=O) groups excluding carboxylic acids is 1. The van der Waals surface area contributed by atoms with E-state index in [0.29, 0.717) is 22.3 Å². The van der Waals surface area contributed by atoms with Crippen LogP contribution in [-0.2, 0) is 4.79 Å². The van der Waals surface area contributed by atoms with Crippen LogP contribution in [0.5, 0.6) is 5.75 Å². The Morgan fingerprint density at radius 1 is 1.30 bits per heavy atom. The molecule has 0 radical (unpaired) electrons. The zero-order valence-corrected chi connectivity index (χ0v) is 13.2. The lowest BCUT2D eigenvalue weighted by Gasteiger charge is -2.16. The Bertz CT molecular complexity index is 441. The first-order valence-electron chi connectivity index (χ1n) is 6.65. The average Bonchev–Trinajstić information content (AvgIpc) is 2.43. The van der Waals surface area contributed by atoms with Crippen molar-refractivity contribution in [1.29, 1.82) is 0 Å². The third-order valence-corrected chi connectivity index (χ3v) is 3.42. The molecule has 0 spiro atoms. The summed E-state index contributed by atoms with van der Waals surface area (Å²) in [6.45, 7) is 6.02. The van der Waals surface area contributed by atoms with Gasteiger partial charge in [-0.3, -0.25) is 4.79 Å². The van der Waals surface area contributed by atoms with Crippen LogP contribution in [-0.4, -0.2) is 31.6 Å². The van der Waals surface area contributed by atoms with Crippen LogP contribution in [0.15, 0.2) is 18.2 Å². The van der Waals surface area contributed by atoms with Crippen molar-refractivity contribution in [1.82, 2.24) is 10.6 Å². The Hall–Kier alpha value is -0.970. The topological polar surface area (TPSA) is 50.4 Å². The van der Waals surface area contributed by atoms with E-state index in [4.69, 9.17) is 27.9 Å². The second-order valence-corrected chi connectivity index (χ2v) is 5.14. The smallest absolute Gasteiger partial charge is 0.260 e. The van der Waals surface area contributed by atoms with Gasteiger partial charge in [0.2, 0.25) is 0 Å². The molecule has 6 heteroatoms. The number of hydrogen-bond donors (Lipinski definition) is 2. The fraction of sp³-hybridized carbons (Fsp3) is 0.500. The molecule has 0 bridgehead atoms. The van der Waals surface area contributed by atoms with Crippen molar-refractivity contribution in [2.24, 2.45) is 0 Å². The zero-order valence-electron chi connectivity index (χ0n) is 11.7. The summed E-state index contributed by atoms with van der Waals surface area (Å²) in [6.07, 6.45) is 0.443. The lowest BCUT2D eigenvalue weighted by molar-refractivity contribution is -0.127. The average molecular weight is 319 g/mol. The van der Waals surface area contributed by atoms with E-state index < -0.39 is 6.10 Å². The molecule has 2 N–H and O–H groups in total. The van der Waals surface area contributed by atoms with Crippen LogP contribution < -0.4 is 15.4 Å². The van der Waals surface area contributed by atoms with Crippen molar-refractivity contribution < 1.29 is 9.53 Å². The minimum absolute atomic E-state index is 0.181. The quantitative estimate of drug-likeness (QED) is 0.725. The van der Waals surface area contributed by atoms with E-state index in [1.807, 2.05) is 0 Å². The monoisotopic (exact) mass is 318 g/mol. The number of nitrogens with one attached hydrogen (secondary N) is 2. The molecule has 112 valence electrons. The van der Waals surface area contributed by atoms with Crippen LogP contribution in [0.25, 0.3) is 0 Å². The van der Waals surface area contributed by atoms with Crippen molar-refractivity contribution in [3.8, 4) is 5.75 Å². The maximum Gasteiger partial charge on any atom is 0.260 e. The molecule has 4 nitrogen and oxygen atoms in total. The summed E-state index contributed by atoms with van der Waals surface area (Å²) in [7, 11) is 0. The van der Waals surface area contributed by atoms with Gasteiger partial charge < -0.3 is 15.4 Å². The van der Waals surface area contributed by atoms with Crippen molar-refractivity contribution in [2.45, 2.75) is 26.4 Å². The standard InChI is InChI=1S/C14H20Cl2N2O2/c1-3-7-17-8-9-18-14(19)10(2)20-12-6-4-5-11(15)13(12)16/h4-6,10,17H,3,7-9H2,1-2H3,(H,18,19). The minimum atomic E-state index is -0.628. The third kappa shape index (κ3) is 5.57. The number of amides is 1. The normalized spacial score (nSPS) is 12.0. The highest BCUT2D eigenvalue weighted by atomic mass is 35.5. The van der Waals surface area contributed by atoms with Crippen LogP contribution in [0, 0.1) is 0 Å². The molecule has 0 saturated carbocycles. The van der Waals surface area contributed by atoms with Crippen LogP contribution in [0.4, 0.5) is 0 Å². The molecule has 0 aromatic heterocycles. The second-order valence-electron chi connectivity index (χ2n) is 4.35. The van der Waals surface area contributed by atoms with Gasteiger partial charge in [0.15, 0.2) is 6.10 Å². The number of rotatable bonds is 8. The van der Waals surface area contributed by atoms with Gasteiger partial charge in [-0.05, 0) is 32.0 Å². The fourth-order valence-electron chi connectivity index (χ4n) is 1.54. The van der Waals surface area contributed by atoms with Gasteiger partial charge in [-0.15, -0.1) is 0 Å². The maximum atomic E-state index is 11.8. The molecule has 1 amide bonds. The maximum absolute atomic E-state index is 11.8. The Labute approximate surface area is 129 Å². The minimum Gasteiger partial charge on any atom is -0.479 e. The van der Waals surface area contributed by atoms with Gasteiger partial charge in [0, 0.05) is 13.1 Å². The number of halogens is 2. The molecule has 1 rings (SSSR count). The molecule has 0 heterocycles. The van der Waals surface area contributed by atoms with Crippen LogP contribution >= 0.6 is 23.2 Å². The van der Waals surface area contributed by atoms with E-state index in [1.165, 1.54) is 0 Å². The second kappa shape index (κ2) is 9.06. The van der Waals surface area contributed by atoms with Crippen molar-refractivity contribution in [3.05, 3.63) is 28.2 Å². The molecule has 1 unspecified atom stereocenters. The summed E-state index contributed by atoms with van der Waals surface area (Å²) < 4.78 is 5.52. The highest BCUT2D eigenvalue weighted by Gasteiger charge is 2.16. The summed E-state index contributed by atoms with van der Waals surface area (Å²) >= 11 is 11.9. The van der Waals surface area contributed by atoms with Crippen molar-refractivity contribution in [3.63, 3.8) is 0 Å². The van der Waals surface area contributed by atoms with E-state index in [0.717, 1.165) is 19.5 Å². The third-order valence-electron chi connectivity index (χ3n) is 2.62. The molecule has 0 fully saturated rings. The highest BCUT2D eigenvalue weighted by Crippen LogP contribution is 2.31. The van der Waals surface area contributed by atoms with Crippen LogP contribution in [0.2, 0.25) is 10.0 Å². The largest absolute Gasteiger partial charge is 0.479 e. The molecular weight excluding hydrogens is 299 g/mol. The molecule has 1 atom stereocenters. The van der Waals surface area contributed by atoms with Gasteiger partial charge in [-0.1, -0.05) is 36.2 Å². The summed E-state index contributed by atoms with van der Waals surface area (Å²) in [5.74, 6) is 0.227. The van der Waals surface area contributed by atoms with E-state index in [1.54, 1.807) is 25.1 Å². The van der Waals surface area contributed by atoms with Gasteiger partial charge >= 0.3 is 0 Å². The van der Waals surface area contributed by atoms with Crippen molar-refractivity contribution >= 4 is 29.1 Å². The SMILES string of the molecule is CCCNCCNC(=O)C(C)Oc1cccc(Cl)c1Cl. The van der Waals surface area contributed by atoms with E-state index >= 15 is 0 Å². The molecule has 1 aromatic rings. The molecule has 0 saturated heterocycles.